The molecule has 138 valence electrons. The Balaban J connectivity index is 1.73. The van der Waals surface area contributed by atoms with E-state index < -0.39 is 5.54 Å². The van der Waals surface area contributed by atoms with Gasteiger partial charge in [0, 0.05) is 5.02 Å². The molecule has 2 aliphatic rings. The summed E-state index contributed by atoms with van der Waals surface area (Å²) in [7, 11) is 0. The third-order valence-corrected chi connectivity index (χ3v) is 5.09. The number of hydrogen-bond donors (Lipinski definition) is 0. The van der Waals surface area contributed by atoms with Crippen molar-refractivity contribution in [3.8, 4) is 0 Å². The number of carbonyl (C=O) groups is 1. The average molecular weight is 368 g/mol. The van der Waals surface area contributed by atoms with Crippen LogP contribution >= 0.6 is 11.6 Å². The summed E-state index contributed by atoms with van der Waals surface area (Å²) in [4.78, 5) is 14.6. The van der Waals surface area contributed by atoms with Crippen LogP contribution in [0.2, 0.25) is 5.02 Å². The first-order valence-electron chi connectivity index (χ1n) is 8.78. The van der Waals surface area contributed by atoms with E-state index in [-0.39, 0.29) is 25.0 Å². The minimum atomic E-state index is -0.411. The Hall–Kier alpha value is -1.14. The summed E-state index contributed by atoms with van der Waals surface area (Å²) in [5, 5.41) is 0.592. The van der Waals surface area contributed by atoms with Gasteiger partial charge in [0.05, 0.1) is 18.8 Å². The number of rotatable bonds is 5. The zero-order valence-electron chi connectivity index (χ0n) is 15.2. The predicted molar refractivity (Wildman–Crippen MR) is 95.5 cm³/mol. The van der Waals surface area contributed by atoms with Crippen LogP contribution < -0.4 is 0 Å². The van der Waals surface area contributed by atoms with Crippen LogP contribution in [0.3, 0.4) is 0 Å². The number of fused-ring (bicyclic) bond motifs is 1. The Morgan fingerprint density at radius 3 is 2.16 bits per heavy atom. The summed E-state index contributed by atoms with van der Waals surface area (Å²) in [6, 6.07) is 6.71. The fraction of sp³-hybridized carbons (Fsp3) is 0.632. The molecule has 3 atom stereocenters. The van der Waals surface area contributed by atoms with Crippen LogP contribution in [0.5, 0.6) is 0 Å². The lowest BCUT2D eigenvalue weighted by atomic mass is 9.99. The molecule has 0 amide bonds. The molecule has 5 nitrogen and oxygen atoms in total. The maximum absolute atomic E-state index is 12.4. The van der Waals surface area contributed by atoms with Gasteiger partial charge in [-0.3, -0.25) is 0 Å². The summed E-state index contributed by atoms with van der Waals surface area (Å²) in [5.74, 6) is 0.306. The summed E-state index contributed by atoms with van der Waals surface area (Å²) >= 11 is 5.87. The van der Waals surface area contributed by atoms with Gasteiger partial charge in [-0.2, -0.15) is 0 Å². The monoisotopic (exact) mass is 367 g/mol. The number of esters is 1. The van der Waals surface area contributed by atoms with Crippen LogP contribution in [-0.4, -0.2) is 48.7 Å². The fourth-order valence-electron chi connectivity index (χ4n) is 3.57. The standard InChI is InChI=1S/C19H26ClNO4/c1-12(2)16-21-17(13(3)4)24-10-19(21,9-23-16)11-25-18(22)14-5-7-15(20)8-6-14/h5-8,12-13,16-17H,9-11H2,1-4H3/t16-,17+,19?. The topological polar surface area (TPSA) is 48.0 Å². The average Bonchev–Trinajstić information content (AvgIpc) is 3.10. The Morgan fingerprint density at radius 1 is 1.16 bits per heavy atom. The number of hydrogen-bond acceptors (Lipinski definition) is 5. The molecule has 2 fully saturated rings. The van der Waals surface area contributed by atoms with Gasteiger partial charge >= 0.3 is 5.97 Å². The van der Waals surface area contributed by atoms with E-state index >= 15 is 0 Å². The molecule has 1 aromatic rings. The summed E-state index contributed by atoms with van der Waals surface area (Å²) in [5.41, 5.74) is 0.0809. The second kappa shape index (κ2) is 7.23. The van der Waals surface area contributed by atoms with Crippen LogP contribution in [0, 0.1) is 11.8 Å². The van der Waals surface area contributed by atoms with Crippen LogP contribution in [0.15, 0.2) is 24.3 Å². The molecule has 0 aliphatic carbocycles. The maximum Gasteiger partial charge on any atom is 0.338 e. The molecule has 0 saturated carbocycles. The summed E-state index contributed by atoms with van der Waals surface area (Å²) in [6.07, 6.45) is -0.0479. The highest BCUT2D eigenvalue weighted by atomic mass is 35.5. The first-order valence-corrected chi connectivity index (χ1v) is 9.16. The van der Waals surface area contributed by atoms with Crippen molar-refractivity contribution in [3.05, 3.63) is 34.9 Å². The van der Waals surface area contributed by atoms with Crippen LogP contribution in [0.4, 0.5) is 0 Å². The fourth-order valence-corrected chi connectivity index (χ4v) is 3.70. The third-order valence-electron chi connectivity index (χ3n) is 4.83. The Morgan fingerprint density at radius 2 is 1.68 bits per heavy atom. The highest BCUT2D eigenvalue weighted by molar-refractivity contribution is 6.30. The summed E-state index contributed by atoms with van der Waals surface area (Å²) < 4.78 is 17.7. The molecule has 0 aromatic heterocycles. The van der Waals surface area contributed by atoms with E-state index in [1.54, 1.807) is 24.3 Å². The van der Waals surface area contributed by atoms with E-state index in [1.807, 2.05) is 0 Å². The molecule has 2 heterocycles. The van der Waals surface area contributed by atoms with Crippen LogP contribution in [-0.2, 0) is 14.2 Å². The highest BCUT2D eigenvalue weighted by Crippen LogP contribution is 2.41. The zero-order valence-corrected chi connectivity index (χ0v) is 16.0. The van der Waals surface area contributed by atoms with Gasteiger partial charge in [0.25, 0.3) is 0 Å². The van der Waals surface area contributed by atoms with Gasteiger partial charge in [-0.25, -0.2) is 9.69 Å². The van der Waals surface area contributed by atoms with E-state index in [2.05, 4.69) is 32.6 Å². The van der Waals surface area contributed by atoms with E-state index in [1.165, 1.54) is 0 Å². The van der Waals surface area contributed by atoms with Gasteiger partial charge in [-0.05, 0) is 36.1 Å². The molecule has 25 heavy (non-hydrogen) atoms. The smallest absolute Gasteiger partial charge is 0.338 e. The molecule has 6 heteroatoms. The van der Waals surface area contributed by atoms with E-state index in [4.69, 9.17) is 25.8 Å². The predicted octanol–water partition coefficient (Wildman–Crippen LogP) is 3.56. The number of nitrogens with zero attached hydrogens (tertiary/aromatic N) is 1. The number of carbonyl (C=O) groups excluding carboxylic acids is 1. The van der Waals surface area contributed by atoms with Gasteiger partial charge in [-0.1, -0.05) is 39.3 Å². The van der Waals surface area contributed by atoms with Crippen molar-refractivity contribution < 1.29 is 19.0 Å². The van der Waals surface area contributed by atoms with E-state index in [0.717, 1.165) is 0 Å². The molecule has 0 bridgehead atoms. The van der Waals surface area contributed by atoms with Gasteiger partial charge in [0.2, 0.25) is 0 Å². The Labute approximate surface area is 154 Å². The maximum atomic E-state index is 12.4. The number of benzene rings is 1. The third kappa shape index (κ3) is 3.56. The molecule has 1 aromatic carbocycles. The Kier molecular flexibility index (Phi) is 5.40. The first kappa shape index (κ1) is 18.6. The number of halogens is 1. The van der Waals surface area contributed by atoms with E-state index in [0.29, 0.717) is 35.6 Å². The van der Waals surface area contributed by atoms with Crippen molar-refractivity contribution in [1.29, 1.82) is 0 Å². The lowest BCUT2D eigenvalue weighted by Crippen LogP contribution is -2.54. The van der Waals surface area contributed by atoms with Crippen LogP contribution in [0.25, 0.3) is 0 Å². The minimum absolute atomic E-state index is 0.0240. The van der Waals surface area contributed by atoms with E-state index in [9.17, 15) is 4.79 Å². The summed E-state index contributed by atoms with van der Waals surface area (Å²) in [6.45, 7) is 9.81. The highest BCUT2D eigenvalue weighted by Gasteiger charge is 2.57. The molecule has 1 unspecified atom stereocenters. The SMILES string of the molecule is CC(C)[C@H]1OCC2(COC(=O)c3ccc(Cl)cc3)CO[C@@H](C(C)C)N12. The molecule has 2 aliphatic heterocycles. The largest absolute Gasteiger partial charge is 0.460 e. The minimum Gasteiger partial charge on any atom is -0.460 e. The molecule has 0 radical (unpaired) electrons. The van der Waals surface area contributed by atoms with Crippen molar-refractivity contribution in [2.75, 3.05) is 19.8 Å². The van der Waals surface area contributed by atoms with Crippen molar-refractivity contribution >= 4 is 17.6 Å². The number of ether oxygens (including phenoxy) is 3. The first-order chi connectivity index (χ1) is 11.8. The van der Waals surface area contributed by atoms with Crippen molar-refractivity contribution in [2.24, 2.45) is 11.8 Å². The normalized spacial score (nSPS) is 29.4. The lowest BCUT2D eigenvalue weighted by molar-refractivity contribution is -0.0961. The van der Waals surface area contributed by atoms with Crippen LogP contribution in [0.1, 0.15) is 38.1 Å². The van der Waals surface area contributed by atoms with Crippen molar-refractivity contribution in [1.82, 2.24) is 4.90 Å². The molecular formula is C19H26ClNO4. The quantitative estimate of drug-likeness (QED) is 0.745. The zero-order chi connectivity index (χ0) is 18.2. The molecular weight excluding hydrogens is 342 g/mol. The van der Waals surface area contributed by atoms with Gasteiger partial charge in [-0.15, -0.1) is 0 Å². The van der Waals surface area contributed by atoms with Crippen molar-refractivity contribution in [2.45, 2.75) is 45.7 Å². The van der Waals surface area contributed by atoms with Gasteiger partial charge in [0.1, 0.15) is 24.6 Å². The van der Waals surface area contributed by atoms with Gasteiger partial charge in [0.15, 0.2) is 0 Å². The molecule has 3 rings (SSSR count). The second-order valence-electron chi connectivity index (χ2n) is 7.61. The molecule has 2 saturated heterocycles. The second-order valence-corrected chi connectivity index (χ2v) is 8.04. The molecule has 0 spiro atoms. The Bertz CT molecular complexity index is 596. The molecule has 0 N–H and O–H groups in total. The van der Waals surface area contributed by atoms with Crippen molar-refractivity contribution in [3.63, 3.8) is 0 Å². The van der Waals surface area contributed by atoms with Gasteiger partial charge < -0.3 is 14.2 Å². The lowest BCUT2D eigenvalue weighted by Gasteiger charge is -2.36.